The van der Waals surface area contributed by atoms with E-state index in [1.807, 2.05) is 35.0 Å². The quantitative estimate of drug-likeness (QED) is 0.848. The third-order valence-electron chi connectivity index (χ3n) is 2.30. The van der Waals surface area contributed by atoms with Crippen LogP contribution in [0.2, 0.25) is 0 Å². The van der Waals surface area contributed by atoms with Gasteiger partial charge in [-0.3, -0.25) is 0 Å². The molecule has 1 heterocycles. The number of aliphatic hydroxyl groups is 1. The predicted molar refractivity (Wildman–Crippen MR) is 64.8 cm³/mol. The van der Waals surface area contributed by atoms with Crippen molar-refractivity contribution in [1.29, 1.82) is 0 Å². The van der Waals surface area contributed by atoms with Crippen molar-refractivity contribution in [3.63, 3.8) is 0 Å². The minimum Gasteiger partial charge on any atom is -0.387 e. The molecule has 0 amide bonds. The van der Waals surface area contributed by atoms with Crippen molar-refractivity contribution in [3.05, 3.63) is 48.5 Å². The largest absolute Gasteiger partial charge is 0.387 e. The van der Waals surface area contributed by atoms with E-state index in [1.165, 1.54) is 0 Å². The minimum absolute atomic E-state index is 0. The van der Waals surface area contributed by atoms with Gasteiger partial charge in [0.15, 0.2) is 0 Å². The van der Waals surface area contributed by atoms with Crippen LogP contribution < -0.4 is 5.73 Å². The smallest absolute Gasteiger partial charge is 0.0991 e. The van der Waals surface area contributed by atoms with Crippen LogP contribution in [0, 0.1) is 0 Å². The van der Waals surface area contributed by atoms with E-state index in [2.05, 4.69) is 4.98 Å². The Labute approximate surface area is 100 Å². The molecule has 0 saturated carbocycles. The second-order valence-electron chi connectivity index (χ2n) is 3.31. The molecule has 1 unspecified atom stereocenters. The maximum Gasteiger partial charge on any atom is 0.0991 e. The van der Waals surface area contributed by atoms with Crippen LogP contribution in [0.3, 0.4) is 0 Å². The first kappa shape index (κ1) is 12.7. The highest BCUT2D eigenvalue weighted by Gasteiger charge is 2.04. The first-order valence-corrected chi connectivity index (χ1v) is 4.77. The third kappa shape index (κ3) is 2.61. The Balaban J connectivity index is 0.00000128. The summed E-state index contributed by atoms with van der Waals surface area (Å²) in [6, 6.07) is 7.59. The van der Waals surface area contributed by atoms with Crippen molar-refractivity contribution >= 4 is 12.4 Å². The van der Waals surface area contributed by atoms with Gasteiger partial charge < -0.3 is 15.4 Å². The summed E-state index contributed by atoms with van der Waals surface area (Å²) in [4.78, 5) is 3.97. The first-order valence-electron chi connectivity index (χ1n) is 4.77. The molecular formula is C11H14ClN3O. The molecule has 2 rings (SSSR count). The Hall–Kier alpha value is -1.36. The van der Waals surface area contributed by atoms with E-state index in [-0.39, 0.29) is 19.0 Å². The van der Waals surface area contributed by atoms with Gasteiger partial charge in [0.05, 0.1) is 12.4 Å². The Morgan fingerprint density at radius 3 is 2.50 bits per heavy atom. The normalized spacial score (nSPS) is 11.9. The van der Waals surface area contributed by atoms with Crippen LogP contribution in [-0.2, 0) is 0 Å². The van der Waals surface area contributed by atoms with Gasteiger partial charge in [-0.05, 0) is 17.7 Å². The second kappa shape index (κ2) is 5.65. The molecule has 5 heteroatoms. The molecule has 4 nitrogen and oxygen atoms in total. The Morgan fingerprint density at radius 1 is 1.31 bits per heavy atom. The van der Waals surface area contributed by atoms with E-state index in [1.54, 1.807) is 12.5 Å². The van der Waals surface area contributed by atoms with Gasteiger partial charge in [-0.1, -0.05) is 12.1 Å². The van der Waals surface area contributed by atoms with E-state index >= 15 is 0 Å². The van der Waals surface area contributed by atoms with Gasteiger partial charge in [-0.25, -0.2) is 4.98 Å². The van der Waals surface area contributed by atoms with Gasteiger partial charge in [0.1, 0.15) is 0 Å². The highest BCUT2D eigenvalue weighted by Crippen LogP contribution is 2.14. The fourth-order valence-electron chi connectivity index (χ4n) is 1.42. The zero-order valence-corrected chi connectivity index (χ0v) is 9.47. The highest BCUT2D eigenvalue weighted by molar-refractivity contribution is 5.85. The van der Waals surface area contributed by atoms with Crippen molar-refractivity contribution in [2.24, 2.45) is 5.73 Å². The average molecular weight is 240 g/mol. The van der Waals surface area contributed by atoms with Crippen molar-refractivity contribution in [1.82, 2.24) is 9.55 Å². The lowest BCUT2D eigenvalue weighted by Crippen LogP contribution is -2.11. The average Bonchev–Trinajstić information content (AvgIpc) is 2.82. The van der Waals surface area contributed by atoms with Gasteiger partial charge in [-0.2, -0.15) is 0 Å². The molecule has 1 atom stereocenters. The van der Waals surface area contributed by atoms with E-state index in [0.29, 0.717) is 0 Å². The van der Waals surface area contributed by atoms with Gasteiger partial charge in [0.25, 0.3) is 0 Å². The molecule has 0 aliphatic carbocycles. The minimum atomic E-state index is -0.582. The number of hydrogen-bond donors (Lipinski definition) is 2. The third-order valence-corrected chi connectivity index (χ3v) is 2.30. The maximum atomic E-state index is 9.51. The summed E-state index contributed by atoms with van der Waals surface area (Å²) in [5.74, 6) is 0. The SMILES string of the molecule is Cl.NCC(O)c1ccc(-n2ccnc2)cc1. The van der Waals surface area contributed by atoms with E-state index in [9.17, 15) is 5.11 Å². The lowest BCUT2D eigenvalue weighted by molar-refractivity contribution is 0.187. The fourth-order valence-corrected chi connectivity index (χ4v) is 1.42. The molecule has 0 aliphatic rings. The van der Waals surface area contributed by atoms with Crippen LogP contribution >= 0.6 is 12.4 Å². The predicted octanol–water partition coefficient (Wildman–Crippen LogP) is 1.29. The van der Waals surface area contributed by atoms with E-state index in [4.69, 9.17) is 5.73 Å². The molecule has 3 N–H and O–H groups in total. The van der Waals surface area contributed by atoms with Crippen LogP contribution in [0.15, 0.2) is 43.0 Å². The summed E-state index contributed by atoms with van der Waals surface area (Å²) in [6.45, 7) is 0.240. The fraction of sp³-hybridized carbons (Fsp3) is 0.182. The molecule has 0 bridgehead atoms. The first-order chi connectivity index (χ1) is 7.31. The molecule has 0 spiro atoms. The van der Waals surface area contributed by atoms with Gasteiger partial charge in [0, 0.05) is 24.6 Å². The molecule has 2 aromatic rings. The lowest BCUT2D eigenvalue weighted by atomic mass is 10.1. The topological polar surface area (TPSA) is 64.1 Å². The van der Waals surface area contributed by atoms with Gasteiger partial charge in [0.2, 0.25) is 0 Å². The number of nitrogens with zero attached hydrogens (tertiary/aromatic N) is 2. The second-order valence-corrected chi connectivity index (χ2v) is 3.31. The van der Waals surface area contributed by atoms with Crippen molar-refractivity contribution in [2.75, 3.05) is 6.54 Å². The summed E-state index contributed by atoms with van der Waals surface area (Å²) in [7, 11) is 0. The molecule has 1 aromatic carbocycles. The molecule has 86 valence electrons. The number of halogens is 1. The molecule has 16 heavy (non-hydrogen) atoms. The lowest BCUT2D eigenvalue weighted by Gasteiger charge is -2.09. The molecular weight excluding hydrogens is 226 g/mol. The number of aliphatic hydroxyl groups excluding tert-OH is 1. The molecule has 0 saturated heterocycles. The van der Waals surface area contributed by atoms with Crippen molar-refractivity contribution in [2.45, 2.75) is 6.10 Å². The number of nitrogens with two attached hydrogens (primary N) is 1. The van der Waals surface area contributed by atoms with E-state index in [0.717, 1.165) is 11.3 Å². The molecule has 0 radical (unpaired) electrons. The Bertz CT molecular complexity index is 413. The summed E-state index contributed by atoms with van der Waals surface area (Å²) in [5.41, 5.74) is 7.22. The molecule has 1 aromatic heterocycles. The summed E-state index contributed by atoms with van der Waals surface area (Å²) >= 11 is 0. The number of rotatable bonds is 3. The monoisotopic (exact) mass is 239 g/mol. The zero-order chi connectivity index (χ0) is 10.7. The number of imidazole rings is 1. The van der Waals surface area contributed by atoms with Crippen LogP contribution in [0.4, 0.5) is 0 Å². The Kier molecular flexibility index (Phi) is 4.49. The van der Waals surface area contributed by atoms with E-state index < -0.39 is 6.10 Å². The number of benzene rings is 1. The van der Waals surface area contributed by atoms with Crippen LogP contribution in [-0.4, -0.2) is 21.2 Å². The summed E-state index contributed by atoms with van der Waals surface area (Å²) in [5, 5.41) is 9.51. The van der Waals surface area contributed by atoms with Crippen molar-refractivity contribution in [3.8, 4) is 5.69 Å². The number of aromatic nitrogens is 2. The highest BCUT2D eigenvalue weighted by atomic mass is 35.5. The number of hydrogen-bond acceptors (Lipinski definition) is 3. The van der Waals surface area contributed by atoms with Gasteiger partial charge in [-0.15, -0.1) is 12.4 Å². The van der Waals surface area contributed by atoms with Crippen LogP contribution in [0.5, 0.6) is 0 Å². The summed E-state index contributed by atoms with van der Waals surface area (Å²) in [6.07, 6.45) is 4.74. The van der Waals surface area contributed by atoms with Crippen LogP contribution in [0.1, 0.15) is 11.7 Å². The maximum absolute atomic E-state index is 9.51. The van der Waals surface area contributed by atoms with Crippen molar-refractivity contribution < 1.29 is 5.11 Å². The Morgan fingerprint density at radius 2 is 2.00 bits per heavy atom. The molecule has 0 fully saturated rings. The van der Waals surface area contributed by atoms with Crippen LogP contribution in [0.25, 0.3) is 5.69 Å². The summed E-state index contributed by atoms with van der Waals surface area (Å²) < 4.78 is 1.90. The standard InChI is InChI=1S/C11H13N3O.ClH/c12-7-11(15)9-1-3-10(4-2-9)14-6-5-13-8-14;/h1-6,8,11,15H,7,12H2;1H. The van der Waals surface area contributed by atoms with Gasteiger partial charge >= 0.3 is 0 Å². The zero-order valence-electron chi connectivity index (χ0n) is 8.65. The molecule has 0 aliphatic heterocycles.